The van der Waals surface area contributed by atoms with Crippen molar-refractivity contribution >= 4 is 17.7 Å². The van der Waals surface area contributed by atoms with Gasteiger partial charge in [-0.3, -0.25) is 14.4 Å². The number of carbonyl (C=O) groups is 3. The first kappa shape index (κ1) is 27.3. The normalized spacial score (nSPS) is 46.7. The first-order valence-corrected chi connectivity index (χ1v) is 13.9. The number of hydrogen-bond donors (Lipinski definition) is 2. The molecule has 4 rings (SSSR count). The number of carboxylic acids is 1. The highest BCUT2D eigenvalue weighted by Gasteiger charge is 2.72. The number of aliphatic carboxylic acids is 1. The van der Waals surface area contributed by atoms with Crippen LogP contribution in [-0.2, 0) is 19.1 Å². The maximum absolute atomic E-state index is 12.6. The highest BCUT2D eigenvalue weighted by atomic mass is 16.5. The van der Waals surface area contributed by atoms with Crippen LogP contribution in [0.3, 0.4) is 0 Å². The monoisotopic (exact) mass is 502 g/mol. The Morgan fingerprint density at radius 2 is 1.78 bits per heavy atom. The van der Waals surface area contributed by atoms with Crippen LogP contribution in [-0.4, -0.2) is 40.1 Å². The lowest BCUT2D eigenvalue weighted by atomic mass is 9.36. The van der Waals surface area contributed by atoms with Crippen LogP contribution < -0.4 is 0 Å². The SMILES string of the molecule is CC(=O)O[C@H]1C[C@@]2(C)C(C[C@@H](O)C3[C@@]4(C)CCC(=O)[C@@H](C)C4CC[C@@]32C)[C@H]1[C@@H](CC=C(C)C)C(=O)O. The van der Waals surface area contributed by atoms with Gasteiger partial charge in [-0.05, 0) is 86.4 Å². The van der Waals surface area contributed by atoms with Gasteiger partial charge in [0.25, 0.3) is 0 Å². The predicted molar refractivity (Wildman–Crippen MR) is 137 cm³/mol. The van der Waals surface area contributed by atoms with Gasteiger partial charge in [0, 0.05) is 25.2 Å². The topological polar surface area (TPSA) is 101 Å². The van der Waals surface area contributed by atoms with Crippen molar-refractivity contribution in [3.63, 3.8) is 0 Å². The number of fused-ring (bicyclic) bond motifs is 5. The van der Waals surface area contributed by atoms with E-state index in [-0.39, 0.29) is 51.8 Å². The van der Waals surface area contributed by atoms with E-state index in [2.05, 4.69) is 27.7 Å². The van der Waals surface area contributed by atoms with Crippen molar-refractivity contribution in [2.75, 3.05) is 0 Å². The first-order valence-electron chi connectivity index (χ1n) is 13.9. The summed E-state index contributed by atoms with van der Waals surface area (Å²) in [5.74, 6) is -1.69. The Hall–Kier alpha value is -1.69. The molecule has 4 aliphatic rings. The lowest BCUT2D eigenvalue weighted by Crippen LogP contribution is -2.65. The van der Waals surface area contributed by atoms with E-state index >= 15 is 0 Å². The largest absolute Gasteiger partial charge is 0.481 e. The number of ketones is 1. The summed E-state index contributed by atoms with van der Waals surface area (Å²) in [6.45, 7) is 14.3. The summed E-state index contributed by atoms with van der Waals surface area (Å²) in [5, 5.41) is 22.2. The Balaban J connectivity index is 1.79. The summed E-state index contributed by atoms with van der Waals surface area (Å²) >= 11 is 0. The Kier molecular flexibility index (Phi) is 7.03. The second-order valence-corrected chi connectivity index (χ2v) is 13.5. The third-order valence-corrected chi connectivity index (χ3v) is 11.6. The molecule has 6 nitrogen and oxygen atoms in total. The summed E-state index contributed by atoms with van der Waals surface area (Å²) in [5.41, 5.74) is 0.401. The molecule has 36 heavy (non-hydrogen) atoms. The fourth-order valence-electron chi connectivity index (χ4n) is 9.93. The van der Waals surface area contributed by atoms with E-state index in [1.165, 1.54) is 6.92 Å². The zero-order chi connectivity index (χ0) is 26.8. The van der Waals surface area contributed by atoms with Gasteiger partial charge in [0.05, 0.1) is 12.0 Å². The molecule has 0 heterocycles. The summed E-state index contributed by atoms with van der Waals surface area (Å²) < 4.78 is 5.89. The molecule has 0 amide bonds. The van der Waals surface area contributed by atoms with Gasteiger partial charge in [-0.15, -0.1) is 0 Å². The lowest BCUT2D eigenvalue weighted by molar-refractivity contribution is -0.230. The molecule has 0 aromatic rings. The highest BCUT2D eigenvalue weighted by Crippen LogP contribution is 2.74. The molecule has 6 heteroatoms. The van der Waals surface area contributed by atoms with Gasteiger partial charge in [-0.1, -0.05) is 39.3 Å². The molecule has 2 N–H and O–H groups in total. The Morgan fingerprint density at radius 1 is 1.11 bits per heavy atom. The van der Waals surface area contributed by atoms with Crippen molar-refractivity contribution < 1.29 is 29.3 Å². The molecular formula is C30H46O6. The number of carboxylic acid groups (broad SMARTS) is 1. The van der Waals surface area contributed by atoms with E-state index in [0.717, 1.165) is 24.8 Å². The van der Waals surface area contributed by atoms with Gasteiger partial charge in [-0.25, -0.2) is 0 Å². The second kappa shape index (κ2) is 9.25. The van der Waals surface area contributed by atoms with Crippen LogP contribution in [0.4, 0.5) is 0 Å². The first-order chi connectivity index (χ1) is 16.7. The molecule has 0 aromatic carbocycles. The quantitative estimate of drug-likeness (QED) is 0.385. The van der Waals surface area contributed by atoms with Crippen molar-refractivity contribution in [1.82, 2.24) is 0 Å². The van der Waals surface area contributed by atoms with Crippen molar-refractivity contribution in [2.24, 2.45) is 51.8 Å². The number of rotatable bonds is 5. The predicted octanol–water partition coefficient (Wildman–Crippen LogP) is 5.42. The zero-order valence-electron chi connectivity index (χ0n) is 23.2. The molecule has 0 aliphatic heterocycles. The smallest absolute Gasteiger partial charge is 0.307 e. The number of aliphatic hydroxyl groups excluding tert-OH is 1. The molecule has 4 fully saturated rings. The molecule has 3 unspecified atom stereocenters. The van der Waals surface area contributed by atoms with E-state index in [1.807, 2.05) is 19.9 Å². The standard InChI is InChI=1S/C30H46O6/c1-16(2)8-9-19(27(34)35)25-21-14-23(33)26-28(5)12-11-22(32)17(3)20(28)10-13-29(26,6)30(21,7)15-24(25)36-18(4)31/h8,17,19-21,23-26,33H,9-15H2,1-7H3,(H,34,35)/t17-,19+,20?,21?,23+,24-,25+,26?,28-,29-,30-/m0/s1. The molecule has 4 aliphatic carbocycles. The van der Waals surface area contributed by atoms with Crippen molar-refractivity contribution in [3.8, 4) is 0 Å². The molecular weight excluding hydrogens is 456 g/mol. The van der Waals surface area contributed by atoms with E-state index in [0.29, 0.717) is 31.5 Å². The maximum atomic E-state index is 12.6. The number of ether oxygens (including phenoxy) is 1. The van der Waals surface area contributed by atoms with E-state index < -0.39 is 24.1 Å². The molecule has 202 valence electrons. The van der Waals surface area contributed by atoms with Crippen LogP contribution in [0, 0.1) is 51.8 Å². The third-order valence-electron chi connectivity index (χ3n) is 11.6. The minimum Gasteiger partial charge on any atom is -0.481 e. The number of allylic oxidation sites excluding steroid dienone is 2. The molecule has 0 aromatic heterocycles. The van der Waals surface area contributed by atoms with Gasteiger partial charge in [0.15, 0.2) is 0 Å². The zero-order valence-corrected chi connectivity index (χ0v) is 23.2. The highest BCUT2D eigenvalue weighted by molar-refractivity contribution is 5.82. The minimum absolute atomic E-state index is 0.0108. The fraction of sp³-hybridized carbons (Fsp3) is 0.833. The lowest BCUT2D eigenvalue weighted by Gasteiger charge is -2.68. The van der Waals surface area contributed by atoms with Crippen LogP contribution in [0.2, 0.25) is 0 Å². The molecule has 0 saturated heterocycles. The third kappa shape index (κ3) is 3.97. The minimum atomic E-state index is -0.865. The summed E-state index contributed by atoms with van der Waals surface area (Å²) in [7, 11) is 0. The number of esters is 1. The Bertz CT molecular complexity index is 951. The Labute approximate surface area is 216 Å². The molecule has 0 bridgehead atoms. The van der Waals surface area contributed by atoms with Crippen LogP contribution in [0.25, 0.3) is 0 Å². The molecule has 0 radical (unpaired) electrons. The Morgan fingerprint density at radius 3 is 2.36 bits per heavy atom. The van der Waals surface area contributed by atoms with Gasteiger partial charge in [0.2, 0.25) is 0 Å². The maximum Gasteiger partial charge on any atom is 0.307 e. The van der Waals surface area contributed by atoms with Gasteiger partial charge in [-0.2, -0.15) is 0 Å². The number of hydrogen-bond acceptors (Lipinski definition) is 5. The molecule has 4 saturated carbocycles. The second-order valence-electron chi connectivity index (χ2n) is 13.5. The van der Waals surface area contributed by atoms with Gasteiger partial charge < -0.3 is 14.9 Å². The number of aliphatic hydroxyl groups is 1. The average Bonchev–Trinajstić information content (AvgIpc) is 3.03. The van der Waals surface area contributed by atoms with Gasteiger partial charge in [0.1, 0.15) is 11.9 Å². The molecule has 11 atom stereocenters. The van der Waals surface area contributed by atoms with E-state index in [9.17, 15) is 24.6 Å². The summed E-state index contributed by atoms with van der Waals surface area (Å²) in [4.78, 5) is 37.4. The summed E-state index contributed by atoms with van der Waals surface area (Å²) in [6.07, 6.45) is 5.64. The van der Waals surface area contributed by atoms with E-state index in [4.69, 9.17) is 4.74 Å². The number of Topliss-reactive ketones (excluding diaryl/α,β-unsaturated/α-hetero) is 1. The van der Waals surface area contributed by atoms with Crippen molar-refractivity contribution in [3.05, 3.63) is 11.6 Å². The summed E-state index contributed by atoms with van der Waals surface area (Å²) in [6, 6.07) is 0. The number of carbonyl (C=O) groups excluding carboxylic acids is 2. The fourth-order valence-corrected chi connectivity index (χ4v) is 9.93. The average molecular weight is 503 g/mol. The van der Waals surface area contributed by atoms with Crippen LogP contribution >= 0.6 is 0 Å². The van der Waals surface area contributed by atoms with Gasteiger partial charge >= 0.3 is 11.9 Å². The van der Waals surface area contributed by atoms with E-state index in [1.54, 1.807) is 0 Å². The molecule has 0 spiro atoms. The van der Waals surface area contributed by atoms with Crippen molar-refractivity contribution in [1.29, 1.82) is 0 Å². The van der Waals surface area contributed by atoms with Crippen LogP contribution in [0.1, 0.15) is 93.4 Å². The van der Waals surface area contributed by atoms with Crippen molar-refractivity contribution in [2.45, 2.75) is 106 Å². The van der Waals surface area contributed by atoms with Crippen LogP contribution in [0.5, 0.6) is 0 Å². The van der Waals surface area contributed by atoms with Crippen LogP contribution in [0.15, 0.2) is 11.6 Å².